The van der Waals surface area contributed by atoms with Gasteiger partial charge in [-0.05, 0) is 43.8 Å². The zero-order valence-corrected chi connectivity index (χ0v) is 16.3. The van der Waals surface area contributed by atoms with Crippen molar-refractivity contribution in [1.82, 2.24) is 19.7 Å². The van der Waals surface area contributed by atoms with Crippen LogP contribution in [0.25, 0.3) is 5.69 Å². The molecule has 0 saturated carbocycles. The molecule has 3 aromatic rings. The summed E-state index contributed by atoms with van der Waals surface area (Å²) in [6, 6.07) is 11.9. The lowest BCUT2D eigenvalue weighted by atomic mass is 10.1. The predicted molar refractivity (Wildman–Crippen MR) is 104 cm³/mol. The summed E-state index contributed by atoms with van der Waals surface area (Å²) in [5.41, 5.74) is 2.26. The molecule has 8 nitrogen and oxygen atoms in total. The summed E-state index contributed by atoms with van der Waals surface area (Å²) in [5.74, 6) is -0.473. The van der Waals surface area contributed by atoms with Crippen molar-refractivity contribution in [1.29, 1.82) is 0 Å². The topological polar surface area (TPSA) is 81.5 Å². The Morgan fingerprint density at radius 2 is 1.93 bits per heavy atom. The van der Waals surface area contributed by atoms with E-state index in [0.29, 0.717) is 5.69 Å². The lowest BCUT2D eigenvalue weighted by Gasteiger charge is -2.24. The average Bonchev–Trinajstić information content (AvgIpc) is 3.33. The van der Waals surface area contributed by atoms with Crippen molar-refractivity contribution in [2.24, 2.45) is 0 Å². The summed E-state index contributed by atoms with van der Waals surface area (Å²) < 4.78 is 36.6. The van der Waals surface area contributed by atoms with Crippen molar-refractivity contribution in [3.63, 3.8) is 0 Å². The van der Waals surface area contributed by atoms with Crippen LogP contribution in [0, 0.1) is 0 Å². The van der Waals surface area contributed by atoms with E-state index in [1.807, 2.05) is 43.1 Å². The fourth-order valence-electron chi connectivity index (χ4n) is 3.09. The number of nitrogens with zero attached hydrogens (tertiary/aromatic N) is 4. The minimum absolute atomic E-state index is 0.0315. The second-order valence-corrected chi connectivity index (χ2v) is 6.90. The van der Waals surface area contributed by atoms with Crippen LogP contribution in [0.2, 0.25) is 0 Å². The average molecular weight is 415 g/mol. The molecule has 30 heavy (non-hydrogen) atoms. The highest BCUT2D eigenvalue weighted by molar-refractivity contribution is 5.92. The van der Waals surface area contributed by atoms with Crippen molar-refractivity contribution in [3.05, 3.63) is 60.7 Å². The highest BCUT2D eigenvalue weighted by atomic mass is 19.3. The van der Waals surface area contributed by atoms with Crippen LogP contribution >= 0.6 is 0 Å². The number of rotatable bonds is 6. The van der Waals surface area contributed by atoms with Gasteiger partial charge in [0.15, 0.2) is 11.5 Å². The van der Waals surface area contributed by atoms with Gasteiger partial charge in [0, 0.05) is 17.8 Å². The maximum atomic E-state index is 13.1. The molecule has 10 heteroatoms. The molecule has 1 atom stereocenters. The van der Waals surface area contributed by atoms with E-state index in [1.165, 1.54) is 24.5 Å². The number of aromatic nitrogens is 3. The van der Waals surface area contributed by atoms with E-state index in [4.69, 9.17) is 0 Å². The van der Waals surface area contributed by atoms with Crippen LogP contribution in [0.15, 0.2) is 55.1 Å². The number of fused-ring (bicyclic) bond motifs is 1. The Kier molecular flexibility index (Phi) is 5.08. The fraction of sp³-hybridized carbons (Fsp3) is 0.250. The maximum Gasteiger partial charge on any atom is 0.586 e. The number of ether oxygens (including phenoxy) is 2. The number of halogens is 2. The quantitative estimate of drug-likeness (QED) is 0.666. The Hall–Kier alpha value is -3.53. The maximum absolute atomic E-state index is 13.1. The van der Waals surface area contributed by atoms with Crippen molar-refractivity contribution in [3.8, 4) is 17.2 Å². The first-order valence-electron chi connectivity index (χ1n) is 9.16. The Balaban J connectivity index is 1.35. The van der Waals surface area contributed by atoms with Crippen LogP contribution in [0.3, 0.4) is 0 Å². The van der Waals surface area contributed by atoms with Gasteiger partial charge in [-0.3, -0.25) is 9.69 Å². The van der Waals surface area contributed by atoms with Crippen LogP contribution in [0.1, 0.15) is 18.5 Å². The first kappa shape index (κ1) is 19.8. The van der Waals surface area contributed by atoms with Crippen LogP contribution in [0.4, 0.5) is 14.5 Å². The molecule has 0 radical (unpaired) electrons. The number of likely N-dealkylation sites (N-methyl/N-ethyl adjacent to an activating group) is 1. The molecule has 1 aromatic heterocycles. The molecule has 0 spiro atoms. The molecule has 1 aliphatic rings. The number of nitrogens with one attached hydrogen (secondary N) is 1. The summed E-state index contributed by atoms with van der Waals surface area (Å²) in [5, 5.41) is 6.77. The van der Waals surface area contributed by atoms with Gasteiger partial charge in [-0.1, -0.05) is 12.1 Å². The molecule has 2 aromatic carbocycles. The number of amides is 1. The summed E-state index contributed by atoms with van der Waals surface area (Å²) in [6.45, 7) is 2.09. The van der Waals surface area contributed by atoms with Gasteiger partial charge in [-0.25, -0.2) is 9.67 Å². The van der Waals surface area contributed by atoms with Gasteiger partial charge >= 0.3 is 6.29 Å². The molecule has 0 saturated heterocycles. The van der Waals surface area contributed by atoms with Crippen LogP contribution in [-0.4, -0.2) is 45.5 Å². The third kappa shape index (κ3) is 4.23. The fourth-order valence-corrected chi connectivity index (χ4v) is 3.09. The molecule has 0 aliphatic carbocycles. The third-order valence-electron chi connectivity index (χ3n) is 4.80. The number of alkyl halides is 2. The number of anilines is 1. The number of benzene rings is 2. The Labute approximate surface area is 171 Å². The summed E-state index contributed by atoms with van der Waals surface area (Å²) >= 11 is 0. The minimum Gasteiger partial charge on any atom is -0.395 e. The second-order valence-electron chi connectivity index (χ2n) is 6.90. The molecular weight excluding hydrogens is 396 g/mol. The van der Waals surface area contributed by atoms with E-state index in [0.717, 1.165) is 11.3 Å². The Morgan fingerprint density at radius 3 is 2.63 bits per heavy atom. The van der Waals surface area contributed by atoms with E-state index in [1.54, 1.807) is 11.0 Å². The lowest BCUT2D eigenvalue weighted by Crippen LogP contribution is -2.32. The van der Waals surface area contributed by atoms with E-state index < -0.39 is 6.29 Å². The number of hydrogen-bond acceptors (Lipinski definition) is 6. The largest absolute Gasteiger partial charge is 0.586 e. The molecule has 0 fully saturated rings. The van der Waals surface area contributed by atoms with Crippen molar-refractivity contribution >= 4 is 11.6 Å². The van der Waals surface area contributed by atoms with Crippen molar-refractivity contribution in [2.45, 2.75) is 19.3 Å². The normalized spacial score (nSPS) is 15.2. The van der Waals surface area contributed by atoms with Crippen LogP contribution in [0.5, 0.6) is 11.5 Å². The Morgan fingerprint density at radius 1 is 1.20 bits per heavy atom. The molecule has 0 bridgehead atoms. The van der Waals surface area contributed by atoms with Gasteiger partial charge in [0.25, 0.3) is 0 Å². The molecule has 4 rings (SSSR count). The van der Waals surface area contributed by atoms with E-state index >= 15 is 0 Å². The molecule has 2 heterocycles. The first-order valence-corrected chi connectivity index (χ1v) is 9.16. The minimum atomic E-state index is -3.69. The standard InChI is InChI=1S/C20H19F2N5O3/c1-13(14-3-6-16(7-4-14)27-12-23-11-24-27)26(2)10-19(28)25-15-5-8-17-18(9-15)30-20(21,22)29-17/h3-9,11-13H,10H2,1-2H3,(H,25,28). The highest BCUT2D eigenvalue weighted by Gasteiger charge is 2.43. The second kappa shape index (κ2) is 7.71. The van der Waals surface area contributed by atoms with Crippen LogP contribution < -0.4 is 14.8 Å². The highest BCUT2D eigenvalue weighted by Crippen LogP contribution is 2.42. The summed E-state index contributed by atoms with van der Waals surface area (Å²) in [7, 11) is 1.83. The zero-order chi connectivity index (χ0) is 21.3. The number of hydrogen-bond donors (Lipinski definition) is 1. The molecule has 1 N–H and O–H groups in total. The van der Waals surface area contributed by atoms with Crippen LogP contribution in [-0.2, 0) is 4.79 Å². The molecule has 1 unspecified atom stereocenters. The van der Waals surface area contributed by atoms with E-state index in [-0.39, 0.29) is 30.0 Å². The van der Waals surface area contributed by atoms with Gasteiger partial charge < -0.3 is 14.8 Å². The van der Waals surface area contributed by atoms with Crippen molar-refractivity contribution in [2.75, 3.05) is 18.9 Å². The van der Waals surface area contributed by atoms with Gasteiger partial charge in [0.1, 0.15) is 12.7 Å². The molecule has 156 valence electrons. The summed E-state index contributed by atoms with van der Waals surface area (Å²) in [6.07, 6.45) is -0.606. The predicted octanol–water partition coefficient (Wildman–Crippen LogP) is 3.22. The van der Waals surface area contributed by atoms with E-state index in [2.05, 4.69) is 24.9 Å². The lowest BCUT2D eigenvalue weighted by molar-refractivity contribution is -0.286. The SMILES string of the molecule is CC(c1ccc(-n2cncn2)cc1)N(C)CC(=O)Nc1ccc2c(c1)OC(F)(F)O2. The van der Waals surface area contributed by atoms with Crippen molar-refractivity contribution < 1.29 is 23.0 Å². The molecule has 1 aliphatic heterocycles. The molecular formula is C20H19F2N5O3. The van der Waals surface area contributed by atoms with Gasteiger partial charge in [-0.15, -0.1) is 8.78 Å². The zero-order valence-electron chi connectivity index (χ0n) is 16.3. The van der Waals surface area contributed by atoms with E-state index in [9.17, 15) is 13.6 Å². The number of carbonyl (C=O) groups excluding carboxylic acids is 1. The smallest absolute Gasteiger partial charge is 0.395 e. The molecule has 1 amide bonds. The number of carbonyl (C=O) groups is 1. The Bertz CT molecular complexity index is 1040. The third-order valence-corrected chi connectivity index (χ3v) is 4.80. The first-order chi connectivity index (χ1) is 14.3. The summed E-state index contributed by atoms with van der Waals surface area (Å²) in [4.78, 5) is 18.2. The monoisotopic (exact) mass is 415 g/mol. The van der Waals surface area contributed by atoms with Gasteiger partial charge in [0.05, 0.1) is 12.2 Å². The van der Waals surface area contributed by atoms with Gasteiger partial charge in [-0.2, -0.15) is 5.10 Å². The van der Waals surface area contributed by atoms with Gasteiger partial charge in [0.2, 0.25) is 5.91 Å².